The third-order valence-corrected chi connectivity index (χ3v) is 4.47. The fourth-order valence-corrected chi connectivity index (χ4v) is 3.35. The van der Waals surface area contributed by atoms with Gasteiger partial charge in [0, 0.05) is 28.1 Å². The molecule has 1 aromatic rings. The normalized spacial score (nSPS) is 23.6. The van der Waals surface area contributed by atoms with Crippen molar-refractivity contribution in [1.29, 1.82) is 0 Å². The molecule has 1 aromatic carbocycles. The molecular weight excluding hydrogens is 374 g/mol. The summed E-state index contributed by atoms with van der Waals surface area (Å²) in [7, 11) is 0. The molecule has 1 aliphatic rings. The SMILES string of the molecule is CC1CN(CC(=O)Nc2ccc(Br)cc2Br)CC1N. The lowest BCUT2D eigenvalue weighted by Gasteiger charge is -2.15. The fraction of sp³-hybridized carbons (Fsp3) is 0.462. The highest BCUT2D eigenvalue weighted by atomic mass is 79.9. The van der Waals surface area contributed by atoms with Crippen molar-refractivity contribution in [3.05, 3.63) is 27.1 Å². The highest BCUT2D eigenvalue weighted by molar-refractivity contribution is 9.11. The van der Waals surface area contributed by atoms with Gasteiger partial charge in [-0.25, -0.2) is 0 Å². The maximum absolute atomic E-state index is 12.0. The Morgan fingerprint density at radius 3 is 2.79 bits per heavy atom. The lowest BCUT2D eigenvalue weighted by atomic mass is 10.1. The number of carbonyl (C=O) groups is 1. The standard InChI is InChI=1S/C13H17Br2N3O/c1-8-5-18(6-11(8)16)7-13(19)17-12-3-2-9(14)4-10(12)15/h2-4,8,11H,5-7,16H2,1H3,(H,17,19). The van der Waals surface area contributed by atoms with E-state index in [0.29, 0.717) is 12.5 Å². The number of nitrogens with two attached hydrogens (primary N) is 1. The second-order valence-corrected chi connectivity index (χ2v) is 6.78. The second-order valence-electron chi connectivity index (χ2n) is 5.01. The van der Waals surface area contributed by atoms with Gasteiger partial charge in [0.25, 0.3) is 0 Å². The van der Waals surface area contributed by atoms with Gasteiger partial charge in [-0.2, -0.15) is 0 Å². The van der Waals surface area contributed by atoms with Crippen LogP contribution in [0.4, 0.5) is 5.69 Å². The van der Waals surface area contributed by atoms with Crippen LogP contribution in [0.5, 0.6) is 0 Å². The van der Waals surface area contributed by atoms with E-state index < -0.39 is 0 Å². The zero-order valence-electron chi connectivity index (χ0n) is 10.7. The summed E-state index contributed by atoms with van der Waals surface area (Å²) in [5.74, 6) is 0.441. The van der Waals surface area contributed by atoms with Crippen LogP contribution < -0.4 is 11.1 Å². The summed E-state index contributed by atoms with van der Waals surface area (Å²) in [6, 6.07) is 5.84. The summed E-state index contributed by atoms with van der Waals surface area (Å²) in [5, 5.41) is 2.90. The number of likely N-dealkylation sites (tertiary alicyclic amines) is 1. The molecule has 2 unspecified atom stereocenters. The molecule has 1 saturated heterocycles. The zero-order valence-corrected chi connectivity index (χ0v) is 13.9. The van der Waals surface area contributed by atoms with Gasteiger partial charge in [-0.05, 0) is 40.0 Å². The van der Waals surface area contributed by atoms with Gasteiger partial charge in [0.15, 0.2) is 0 Å². The van der Waals surface area contributed by atoms with Crippen LogP contribution in [0.1, 0.15) is 6.92 Å². The van der Waals surface area contributed by atoms with Gasteiger partial charge in [-0.1, -0.05) is 22.9 Å². The van der Waals surface area contributed by atoms with Crippen molar-refractivity contribution < 1.29 is 4.79 Å². The molecule has 3 N–H and O–H groups in total. The van der Waals surface area contributed by atoms with Gasteiger partial charge < -0.3 is 11.1 Å². The monoisotopic (exact) mass is 389 g/mol. The van der Waals surface area contributed by atoms with Gasteiger partial charge in [0.2, 0.25) is 5.91 Å². The lowest BCUT2D eigenvalue weighted by molar-refractivity contribution is -0.117. The van der Waals surface area contributed by atoms with Crippen LogP contribution in [0, 0.1) is 5.92 Å². The number of nitrogens with zero attached hydrogens (tertiary/aromatic N) is 1. The van der Waals surface area contributed by atoms with Crippen molar-refractivity contribution in [2.75, 3.05) is 25.0 Å². The third-order valence-electron chi connectivity index (χ3n) is 3.32. The number of amides is 1. The van der Waals surface area contributed by atoms with Crippen molar-refractivity contribution in [3.8, 4) is 0 Å². The van der Waals surface area contributed by atoms with Gasteiger partial charge in [0.1, 0.15) is 0 Å². The molecule has 4 nitrogen and oxygen atoms in total. The van der Waals surface area contributed by atoms with Crippen LogP contribution in [0.3, 0.4) is 0 Å². The van der Waals surface area contributed by atoms with E-state index in [2.05, 4.69) is 49.0 Å². The van der Waals surface area contributed by atoms with Crippen LogP contribution in [-0.2, 0) is 4.79 Å². The Labute approximate surface area is 130 Å². The largest absolute Gasteiger partial charge is 0.326 e. The Balaban J connectivity index is 1.91. The van der Waals surface area contributed by atoms with E-state index in [1.54, 1.807) is 0 Å². The Morgan fingerprint density at radius 1 is 1.47 bits per heavy atom. The summed E-state index contributed by atoms with van der Waals surface area (Å²) >= 11 is 6.81. The number of benzene rings is 1. The number of carbonyl (C=O) groups excluding carboxylic acids is 1. The van der Waals surface area contributed by atoms with Crippen LogP contribution in [0.25, 0.3) is 0 Å². The minimum absolute atomic E-state index is 0.00989. The Kier molecular flexibility index (Phi) is 5.00. The molecule has 104 valence electrons. The van der Waals surface area contributed by atoms with E-state index in [1.165, 1.54) is 0 Å². The first-order valence-electron chi connectivity index (χ1n) is 6.18. The van der Waals surface area contributed by atoms with E-state index in [0.717, 1.165) is 27.7 Å². The number of nitrogens with one attached hydrogen (secondary N) is 1. The Hall–Kier alpha value is -0.430. The van der Waals surface area contributed by atoms with Gasteiger partial charge in [-0.15, -0.1) is 0 Å². The number of anilines is 1. The number of halogens is 2. The van der Waals surface area contributed by atoms with Crippen LogP contribution in [0.15, 0.2) is 27.1 Å². The fourth-order valence-electron chi connectivity index (χ4n) is 2.21. The van der Waals surface area contributed by atoms with Gasteiger partial charge in [-0.3, -0.25) is 9.69 Å². The summed E-state index contributed by atoms with van der Waals surface area (Å²) in [6.07, 6.45) is 0. The van der Waals surface area contributed by atoms with Crippen molar-refractivity contribution >= 4 is 43.5 Å². The topological polar surface area (TPSA) is 58.4 Å². The molecule has 19 heavy (non-hydrogen) atoms. The molecule has 1 amide bonds. The smallest absolute Gasteiger partial charge is 0.238 e. The third kappa shape index (κ3) is 4.02. The molecule has 0 aromatic heterocycles. The van der Waals surface area contributed by atoms with Crippen molar-refractivity contribution in [2.45, 2.75) is 13.0 Å². The van der Waals surface area contributed by atoms with Crippen molar-refractivity contribution in [3.63, 3.8) is 0 Å². The molecule has 2 rings (SSSR count). The summed E-state index contributed by atoms with van der Waals surface area (Å²) in [6.45, 7) is 4.18. The maximum atomic E-state index is 12.0. The van der Waals surface area contributed by atoms with Gasteiger partial charge in [0.05, 0.1) is 12.2 Å². The first-order chi connectivity index (χ1) is 8.95. The average molecular weight is 391 g/mol. The van der Waals surface area contributed by atoms with E-state index >= 15 is 0 Å². The van der Waals surface area contributed by atoms with Crippen LogP contribution >= 0.6 is 31.9 Å². The minimum atomic E-state index is -0.00989. The molecule has 1 heterocycles. The maximum Gasteiger partial charge on any atom is 0.238 e. The lowest BCUT2D eigenvalue weighted by Crippen LogP contribution is -2.33. The predicted octanol–water partition coefficient (Wildman–Crippen LogP) is 2.43. The number of rotatable bonds is 3. The Bertz CT molecular complexity index is 471. The van der Waals surface area contributed by atoms with E-state index in [4.69, 9.17) is 5.73 Å². The van der Waals surface area contributed by atoms with E-state index in [1.807, 2.05) is 18.2 Å². The summed E-state index contributed by atoms with van der Waals surface area (Å²) < 4.78 is 1.83. The van der Waals surface area contributed by atoms with Crippen LogP contribution in [-0.4, -0.2) is 36.5 Å². The second kappa shape index (κ2) is 6.35. The molecule has 0 saturated carbocycles. The molecule has 1 fully saturated rings. The molecule has 1 aliphatic heterocycles. The Morgan fingerprint density at radius 2 is 2.21 bits per heavy atom. The average Bonchev–Trinajstić information content (AvgIpc) is 2.62. The summed E-state index contributed by atoms with van der Waals surface area (Å²) in [4.78, 5) is 14.1. The number of hydrogen-bond donors (Lipinski definition) is 2. The zero-order chi connectivity index (χ0) is 14.0. The molecular formula is C13H17Br2N3O. The van der Waals surface area contributed by atoms with Gasteiger partial charge >= 0.3 is 0 Å². The van der Waals surface area contributed by atoms with E-state index in [-0.39, 0.29) is 11.9 Å². The molecule has 0 spiro atoms. The van der Waals surface area contributed by atoms with Crippen LogP contribution in [0.2, 0.25) is 0 Å². The highest BCUT2D eigenvalue weighted by Gasteiger charge is 2.27. The van der Waals surface area contributed by atoms with Crippen molar-refractivity contribution in [2.24, 2.45) is 11.7 Å². The molecule has 0 bridgehead atoms. The first-order valence-corrected chi connectivity index (χ1v) is 7.77. The molecule has 0 aliphatic carbocycles. The van der Waals surface area contributed by atoms with E-state index in [9.17, 15) is 4.79 Å². The molecule has 6 heteroatoms. The quantitative estimate of drug-likeness (QED) is 0.833. The highest BCUT2D eigenvalue weighted by Crippen LogP contribution is 2.26. The summed E-state index contributed by atoms with van der Waals surface area (Å²) in [5.41, 5.74) is 6.73. The molecule has 2 atom stereocenters. The molecule has 0 radical (unpaired) electrons. The van der Waals surface area contributed by atoms with Crippen molar-refractivity contribution in [1.82, 2.24) is 4.90 Å². The first kappa shape index (κ1) is 15.0. The number of hydrogen-bond acceptors (Lipinski definition) is 3. The minimum Gasteiger partial charge on any atom is -0.326 e. The predicted molar refractivity (Wildman–Crippen MR) is 84.1 cm³/mol.